The standard InChI is InChI=1S/C16H16O5/c1-19-12-5-3-4-11(8-12)10-21-13-6-7-14(15(17)9-13)16(18)20-2/h3-9,17H,10H2,1-2H3. The molecule has 0 aliphatic rings. The van der Waals surface area contributed by atoms with E-state index in [1.807, 2.05) is 24.3 Å². The molecule has 21 heavy (non-hydrogen) atoms. The Bertz CT molecular complexity index is 636. The van der Waals surface area contributed by atoms with Crippen LogP contribution in [-0.2, 0) is 11.3 Å². The number of carbonyl (C=O) groups excluding carboxylic acids is 1. The molecule has 0 bridgehead atoms. The van der Waals surface area contributed by atoms with Crippen molar-refractivity contribution in [2.75, 3.05) is 14.2 Å². The van der Waals surface area contributed by atoms with Crippen LogP contribution in [0.25, 0.3) is 0 Å². The normalized spacial score (nSPS) is 10.0. The van der Waals surface area contributed by atoms with Gasteiger partial charge in [-0.25, -0.2) is 4.79 Å². The van der Waals surface area contributed by atoms with E-state index in [4.69, 9.17) is 9.47 Å². The Kier molecular flexibility index (Phi) is 4.66. The maximum Gasteiger partial charge on any atom is 0.341 e. The zero-order chi connectivity index (χ0) is 15.2. The van der Waals surface area contributed by atoms with E-state index in [2.05, 4.69) is 4.74 Å². The Hall–Kier alpha value is -2.69. The molecule has 0 amide bonds. The molecule has 0 spiro atoms. The van der Waals surface area contributed by atoms with Gasteiger partial charge in [0.2, 0.25) is 0 Å². The summed E-state index contributed by atoms with van der Waals surface area (Å²) in [5, 5.41) is 9.77. The second-order valence-corrected chi connectivity index (χ2v) is 4.31. The lowest BCUT2D eigenvalue weighted by Gasteiger charge is -2.09. The molecule has 0 aliphatic heterocycles. The largest absolute Gasteiger partial charge is 0.507 e. The molecule has 0 aromatic heterocycles. The van der Waals surface area contributed by atoms with Crippen molar-refractivity contribution in [3.05, 3.63) is 53.6 Å². The van der Waals surface area contributed by atoms with Gasteiger partial charge in [0.25, 0.3) is 0 Å². The first-order valence-electron chi connectivity index (χ1n) is 6.31. The van der Waals surface area contributed by atoms with E-state index in [0.29, 0.717) is 12.4 Å². The minimum Gasteiger partial charge on any atom is -0.507 e. The van der Waals surface area contributed by atoms with Gasteiger partial charge in [0, 0.05) is 6.07 Å². The van der Waals surface area contributed by atoms with Crippen LogP contribution in [0.5, 0.6) is 17.2 Å². The van der Waals surface area contributed by atoms with E-state index >= 15 is 0 Å². The van der Waals surface area contributed by atoms with Gasteiger partial charge in [0.1, 0.15) is 29.4 Å². The van der Waals surface area contributed by atoms with Crippen molar-refractivity contribution in [3.8, 4) is 17.2 Å². The number of carbonyl (C=O) groups is 1. The van der Waals surface area contributed by atoms with Crippen LogP contribution in [0, 0.1) is 0 Å². The molecule has 0 atom stereocenters. The maximum absolute atomic E-state index is 11.4. The number of esters is 1. The molecular weight excluding hydrogens is 272 g/mol. The molecule has 0 saturated heterocycles. The third kappa shape index (κ3) is 3.66. The van der Waals surface area contributed by atoms with Crippen LogP contribution in [0.4, 0.5) is 0 Å². The second-order valence-electron chi connectivity index (χ2n) is 4.31. The molecule has 0 radical (unpaired) electrons. The predicted octanol–water partition coefficient (Wildman–Crippen LogP) is 2.77. The Balaban J connectivity index is 2.06. The highest BCUT2D eigenvalue weighted by atomic mass is 16.5. The summed E-state index contributed by atoms with van der Waals surface area (Å²) in [6.45, 7) is 0.328. The average Bonchev–Trinajstić information content (AvgIpc) is 2.52. The lowest BCUT2D eigenvalue weighted by molar-refractivity contribution is 0.0597. The lowest BCUT2D eigenvalue weighted by atomic mass is 10.2. The van der Waals surface area contributed by atoms with Crippen LogP contribution in [0.3, 0.4) is 0 Å². The van der Waals surface area contributed by atoms with Gasteiger partial charge in [0.15, 0.2) is 0 Å². The first-order valence-corrected chi connectivity index (χ1v) is 6.31. The lowest BCUT2D eigenvalue weighted by Crippen LogP contribution is -2.02. The van der Waals surface area contributed by atoms with Gasteiger partial charge in [-0.05, 0) is 29.8 Å². The van der Waals surface area contributed by atoms with Crippen molar-refractivity contribution < 1.29 is 24.1 Å². The molecule has 2 aromatic rings. The predicted molar refractivity (Wildman–Crippen MR) is 76.8 cm³/mol. The highest BCUT2D eigenvalue weighted by molar-refractivity contribution is 5.92. The molecule has 1 N–H and O–H groups in total. The third-order valence-electron chi connectivity index (χ3n) is 2.91. The van der Waals surface area contributed by atoms with E-state index in [9.17, 15) is 9.90 Å². The number of hydrogen-bond acceptors (Lipinski definition) is 5. The number of benzene rings is 2. The molecule has 5 nitrogen and oxygen atoms in total. The van der Waals surface area contributed by atoms with Crippen LogP contribution < -0.4 is 9.47 Å². The monoisotopic (exact) mass is 288 g/mol. The van der Waals surface area contributed by atoms with Gasteiger partial charge in [0.05, 0.1) is 14.2 Å². The summed E-state index contributed by atoms with van der Waals surface area (Å²) in [5.41, 5.74) is 1.04. The van der Waals surface area contributed by atoms with E-state index in [1.54, 1.807) is 13.2 Å². The van der Waals surface area contributed by atoms with Crippen LogP contribution in [-0.4, -0.2) is 25.3 Å². The Morgan fingerprint density at radius 3 is 2.57 bits per heavy atom. The topological polar surface area (TPSA) is 65.0 Å². The first kappa shape index (κ1) is 14.7. The molecule has 110 valence electrons. The molecule has 0 unspecified atom stereocenters. The van der Waals surface area contributed by atoms with Gasteiger partial charge in [-0.1, -0.05) is 12.1 Å². The fourth-order valence-electron chi connectivity index (χ4n) is 1.81. The number of phenols is 1. The third-order valence-corrected chi connectivity index (χ3v) is 2.91. The summed E-state index contributed by atoms with van der Waals surface area (Å²) in [5.74, 6) is 0.444. The van der Waals surface area contributed by atoms with E-state index in [1.165, 1.54) is 19.2 Å². The number of aromatic hydroxyl groups is 1. The zero-order valence-electron chi connectivity index (χ0n) is 11.8. The summed E-state index contributed by atoms with van der Waals surface area (Å²) >= 11 is 0. The van der Waals surface area contributed by atoms with E-state index < -0.39 is 5.97 Å². The molecule has 0 saturated carbocycles. The maximum atomic E-state index is 11.4. The minimum atomic E-state index is -0.591. The van der Waals surface area contributed by atoms with Gasteiger partial charge in [-0.3, -0.25) is 0 Å². The highest BCUT2D eigenvalue weighted by Gasteiger charge is 2.12. The number of phenolic OH excluding ortho intramolecular Hbond substituents is 1. The van der Waals surface area contributed by atoms with Crippen molar-refractivity contribution in [3.63, 3.8) is 0 Å². The number of ether oxygens (including phenoxy) is 3. The summed E-state index contributed by atoms with van der Waals surface area (Å²) < 4.78 is 15.3. The highest BCUT2D eigenvalue weighted by Crippen LogP contribution is 2.25. The fourth-order valence-corrected chi connectivity index (χ4v) is 1.81. The van der Waals surface area contributed by atoms with Crippen molar-refractivity contribution >= 4 is 5.97 Å². The zero-order valence-corrected chi connectivity index (χ0v) is 11.8. The van der Waals surface area contributed by atoms with Crippen LogP contribution in [0.15, 0.2) is 42.5 Å². The molecule has 5 heteroatoms. The quantitative estimate of drug-likeness (QED) is 0.857. The van der Waals surface area contributed by atoms with E-state index in [-0.39, 0.29) is 11.3 Å². The van der Waals surface area contributed by atoms with Gasteiger partial charge >= 0.3 is 5.97 Å². The Labute approximate surface area is 122 Å². The molecule has 0 fully saturated rings. The second kappa shape index (κ2) is 6.65. The van der Waals surface area contributed by atoms with Crippen LogP contribution >= 0.6 is 0 Å². The number of rotatable bonds is 5. The number of hydrogen-bond donors (Lipinski definition) is 1. The molecule has 0 heterocycles. The van der Waals surface area contributed by atoms with Crippen molar-refractivity contribution in [1.82, 2.24) is 0 Å². The smallest absolute Gasteiger partial charge is 0.341 e. The fraction of sp³-hybridized carbons (Fsp3) is 0.188. The molecule has 2 rings (SSSR count). The summed E-state index contributed by atoms with van der Waals surface area (Å²) in [6.07, 6.45) is 0. The molecule has 2 aromatic carbocycles. The van der Waals surface area contributed by atoms with Crippen molar-refractivity contribution in [1.29, 1.82) is 0 Å². The SMILES string of the molecule is COC(=O)c1ccc(OCc2cccc(OC)c2)cc1O. The molecular formula is C16H16O5. The van der Waals surface area contributed by atoms with Gasteiger partial charge < -0.3 is 19.3 Å². The van der Waals surface area contributed by atoms with Gasteiger partial charge in [-0.15, -0.1) is 0 Å². The number of methoxy groups -OCH3 is 2. The van der Waals surface area contributed by atoms with Crippen LogP contribution in [0.1, 0.15) is 15.9 Å². The molecule has 0 aliphatic carbocycles. The van der Waals surface area contributed by atoms with Crippen molar-refractivity contribution in [2.45, 2.75) is 6.61 Å². The van der Waals surface area contributed by atoms with Gasteiger partial charge in [-0.2, -0.15) is 0 Å². The first-order chi connectivity index (χ1) is 10.1. The Morgan fingerprint density at radius 1 is 1.10 bits per heavy atom. The van der Waals surface area contributed by atoms with Crippen molar-refractivity contribution in [2.24, 2.45) is 0 Å². The summed E-state index contributed by atoms with van der Waals surface area (Å²) in [6, 6.07) is 11.9. The van der Waals surface area contributed by atoms with E-state index in [0.717, 1.165) is 11.3 Å². The summed E-state index contributed by atoms with van der Waals surface area (Å²) in [4.78, 5) is 11.4. The average molecular weight is 288 g/mol. The van der Waals surface area contributed by atoms with Crippen LogP contribution in [0.2, 0.25) is 0 Å². The minimum absolute atomic E-state index is 0.103. The Morgan fingerprint density at radius 2 is 1.90 bits per heavy atom. The summed E-state index contributed by atoms with van der Waals surface area (Å²) in [7, 11) is 2.86.